The van der Waals surface area contributed by atoms with Gasteiger partial charge < -0.3 is 10.6 Å². The third-order valence-electron chi connectivity index (χ3n) is 4.98. The topological polar surface area (TPSA) is 49.8 Å². The summed E-state index contributed by atoms with van der Waals surface area (Å²) in [6.45, 7) is 8.73. The molecular weight excluding hydrogens is 403 g/mol. The summed E-state index contributed by atoms with van der Waals surface area (Å²) < 4.78 is 0. The molecule has 2 aromatic heterocycles. The molecule has 158 valence electrons. The van der Waals surface area contributed by atoms with Crippen LogP contribution in [0.25, 0.3) is 11.3 Å². The second-order valence-electron chi connectivity index (χ2n) is 7.69. The third-order valence-corrected chi connectivity index (χ3v) is 5.59. The fourth-order valence-corrected chi connectivity index (χ4v) is 3.53. The minimum absolute atomic E-state index is 0.535. The quantitative estimate of drug-likeness (QED) is 0.467. The highest BCUT2D eigenvalue weighted by molar-refractivity contribution is 6.36. The number of pyridine rings is 2. The standard InChI is InChI=1S/C18H22Cl2N4.C5H10/c1-21-17-9-13(15(20)11-23-17)18-14(19)7-8-16(24-18)22-10-12-5-3-2-4-6-12;1-4-5(2)3/h7-9,11-12H,2-6,10H2,1H3,(H,21,23)(H,22,24);4-5H,1H2,2-3H3. The first-order chi connectivity index (χ1) is 13.9. The van der Waals surface area contributed by atoms with Gasteiger partial charge in [0.1, 0.15) is 11.6 Å². The first-order valence-electron chi connectivity index (χ1n) is 10.3. The molecule has 0 radical (unpaired) electrons. The van der Waals surface area contributed by atoms with Gasteiger partial charge in [0.05, 0.1) is 15.7 Å². The summed E-state index contributed by atoms with van der Waals surface area (Å²) >= 11 is 12.7. The van der Waals surface area contributed by atoms with Gasteiger partial charge in [-0.05, 0) is 42.9 Å². The van der Waals surface area contributed by atoms with E-state index < -0.39 is 0 Å². The number of rotatable bonds is 6. The number of allylic oxidation sites excluding steroid dienone is 1. The fraction of sp³-hybridized carbons (Fsp3) is 0.478. The molecule has 1 aliphatic rings. The highest BCUT2D eigenvalue weighted by Gasteiger charge is 2.15. The minimum Gasteiger partial charge on any atom is -0.373 e. The smallest absolute Gasteiger partial charge is 0.126 e. The Hall–Kier alpha value is -1.78. The van der Waals surface area contributed by atoms with Crippen LogP contribution in [0.5, 0.6) is 0 Å². The molecule has 0 amide bonds. The number of hydrogen-bond acceptors (Lipinski definition) is 4. The lowest BCUT2D eigenvalue weighted by Gasteiger charge is -2.22. The van der Waals surface area contributed by atoms with Crippen molar-refractivity contribution < 1.29 is 0 Å². The van der Waals surface area contributed by atoms with Gasteiger partial charge in [-0.25, -0.2) is 9.97 Å². The van der Waals surface area contributed by atoms with Crippen molar-refractivity contribution in [2.75, 3.05) is 24.2 Å². The Morgan fingerprint density at radius 1 is 1.14 bits per heavy atom. The summed E-state index contributed by atoms with van der Waals surface area (Å²) in [5.41, 5.74) is 1.46. The normalized spacial score (nSPS) is 14.1. The molecular formula is C23H32Cl2N4. The molecule has 1 aliphatic carbocycles. The van der Waals surface area contributed by atoms with Gasteiger partial charge in [0.25, 0.3) is 0 Å². The van der Waals surface area contributed by atoms with Crippen molar-refractivity contribution in [2.45, 2.75) is 46.0 Å². The van der Waals surface area contributed by atoms with Crippen molar-refractivity contribution in [2.24, 2.45) is 11.8 Å². The van der Waals surface area contributed by atoms with Crippen LogP contribution >= 0.6 is 23.2 Å². The lowest BCUT2D eigenvalue weighted by molar-refractivity contribution is 0.373. The molecule has 2 heterocycles. The van der Waals surface area contributed by atoms with Gasteiger partial charge >= 0.3 is 0 Å². The third kappa shape index (κ3) is 7.52. The molecule has 4 nitrogen and oxygen atoms in total. The molecule has 0 saturated heterocycles. The largest absolute Gasteiger partial charge is 0.373 e. The second-order valence-corrected chi connectivity index (χ2v) is 8.51. The Bertz CT molecular complexity index is 786. The number of nitrogens with zero attached hydrogens (tertiary/aromatic N) is 2. The molecule has 0 spiro atoms. The van der Waals surface area contributed by atoms with Crippen LogP contribution in [-0.4, -0.2) is 23.6 Å². The van der Waals surface area contributed by atoms with E-state index in [9.17, 15) is 0 Å². The van der Waals surface area contributed by atoms with Crippen molar-refractivity contribution in [3.05, 3.63) is 47.1 Å². The SMILES string of the molecule is C=CC(C)C.CNc1cc(-c2nc(NCC3CCCCC3)ccc2Cl)c(Cl)cn1. The number of anilines is 2. The predicted molar refractivity (Wildman–Crippen MR) is 127 cm³/mol. The van der Waals surface area contributed by atoms with E-state index in [-0.39, 0.29) is 0 Å². The van der Waals surface area contributed by atoms with Gasteiger partial charge in [0.2, 0.25) is 0 Å². The van der Waals surface area contributed by atoms with Crippen LogP contribution in [0.1, 0.15) is 46.0 Å². The van der Waals surface area contributed by atoms with E-state index in [1.165, 1.54) is 32.1 Å². The molecule has 0 aliphatic heterocycles. The molecule has 0 bridgehead atoms. The zero-order chi connectivity index (χ0) is 21.2. The van der Waals surface area contributed by atoms with Crippen LogP contribution in [0.4, 0.5) is 11.6 Å². The van der Waals surface area contributed by atoms with Gasteiger partial charge in [0, 0.05) is 25.4 Å². The van der Waals surface area contributed by atoms with Gasteiger partial charge in [0.15, 0.2) is 0 Å². The van der Waals surface area contributed by atoms with E-state index in [0.29, 0.717) is 21.7 Å². The Balaban J connectivity index is 0.000000537. The van der Waals surface area contributed by atoms with E-state index in [0.717, 1.165) is 29.7 Å². The zero-order valence-electron chi connectivity index (χ0n) is 17.6. The van der Waals surface area contributed by atoms with Crippen molar-refractivity contribution in [1.29, 1.82) is 0 Å². The lowest BCUT2D eigenvalue weighted by atomic mass is 9.89. The molecule has 0 unspecified atom stereocenters. The molecule has 2 aromatic rings. The summed E-state index contributed by atoms with van der Waals surface area (Å²) in [4.78, 5) is 8.88. The molecule has 1 saturated carbocycles. The average Bonchev–Trinajstić information content (AvgIpc) is 2.75. The summed E-state index contributed by atoms with van der Waals surface area (Å²) in [5.74, 6) is 2.95. The predicted octanol–water partition coefficient (Wildman–Crippen LogP) is 7.31. The van der Waals surface area contributed by atoms with Gasteiger partial charge in [-0.2, -0.15) is 0 Å². The summed E-state index contributed by atoms with van der Waals surface area (Å²) in [6.07, 6.45) is 10.2. The summed E-state index contributed by atoms with van der Waals surface area (Å²) in [7, 11) is 1.82. The number of hydrogen-bond donors (Lipinski definition) is 2. The summed E-state index contributed by atoms with van der Waals surface area (Å²) in [6, 6.07) is 5.65. The first kappa shape index (κ1) is 23.5. The van der Waals surface area contributed by atoms with Gasteiger partial charge in [-0.1, -0.05) is 62.4 Å². The molecule has 29 heavy (non-hydrogen) atoms. The van der Waals surface area contributed by atoms with Crippen molar-refractivity contribution in [3.63, 3.8) is 0 Å². The Morgan fingerprint density at radius 3 is 2.45 bits per heavy atom. The number of halogens is 2. The van der Waals surface area contributed by atoms with Gasteiger partial charge in [-0.3, -0.25) is 0 Å². The van der Waals surface area contributed by atoms with Gasteiger partial charge in [-0.15, -0.1) is 6.58 Å². The van der Waals surface area contributed by atoms with Crippen LogP contribution in [0.3, 0.4) is 0 Å². The van der Waals surface area contributed by atoms with Crippen LogP contribution < -0.4 is 10.6 Å². The highest BCUT2D eigenvalue weighted by atomic mass is 35.5. The highest BCUT2D eigenvalue weighted by Crippen LogP contribution is 2.34. The molecule has 2 N–H and O–H groups in total. The van der Waals surface area contributed by atoms with E-state index in [1.54, 1.807) is 6.20 Å². The summed E-state index contributed by atoms with van der Waals surface area (Å²) in [5, 5.41) is 7.58. The maximum atomic E-state index is 6.36. The van der Waals surface area contributed by atoms with Crippen LogP contribution in [0, 0.1) is 11.8 Å². The van der Waals surface area contributed by atoms with E-state index in [4.69, 9.17) is 23.2 Å². The molecule has 0 aromatic carbocycles. The molecule has 1 fully saturated rings. The van der Waals surface area contributed by atoms with Crippen molar-refractivity contribution >= 4 is 34.8 Å². The Kier molecular flexibility index (Phi) is 9.75. The molecule has 0 atom stereocenters. The van der Waals surface area contributed by atoms with Crippen LogP contribution in [-0.2, 0) is 0 Å². The number of aromatic nitrogens is 2. The molecule has 3 rings (SSSR count). The Morgan fingerprint density at radius 2 is 1.83 bits per heavy atom. The second kappa shape index (κ2) is 12.0. The van der Waals surface area contributed by atoms with Crippen molar-refractivity contribution in [3.8, 4) is 11.3 Å². The first-order valence-corrected chi connectivity index (χ1v) is 11.1. The maximum Gasteiger partial charge on any atom is 0.126 e. The maximum absolute atomic E-state index is 6.36. The van der Waals surface area contributed by atoms with E-state index in [1.807, 2.05) is 31.3 Å². The van der Waals surface area contributed by atoms with E-state index >= 15 is 0 Å². The monoisotopic (exact) mass is 434 g/mol. The van der Waals surface area contributed by atoms with Crippen LogP contribution in [0.15, 0.2) is 37.1 Å². The lowest BCUT2D eigenvalue weighted by Crippen LogP contribution is -2.17. The van der Waals surface area contributed by atoms with E-state index in [2.05, 4.69) is 41.0 Å². The fourth-order valence-electron chi connectivity index (χ4n) is 3.13. The Labute approximate surface area is 185 Å². The van der Waals surface area contributed by atoms with Crippen LogP contribution in [0.2, 0.25) is 10.0 Å². The molecule has 6 heteroatoms. The minimum atomic E-state index is 0.535. The zero-order valence-corrected chi connectivity index (χ0v) is 19.2. The van der Waals surface area contributed by atoms with Crippen molar-refractivity contribution in [1.82, 2.24) is 9.97 Å². The average molecular weight is 435 g/mol. The number of nitrogens with one attached hydrogen (secondary N) is 2.